The highest BCUT2D eigenvalue weighted by atomic mass is 16.5. The van der Waals surface area contributed by atoms with Crippen LogP contribution in [0, 0.1) is 5.92 Å². The topological polar surface area (TPSA) is 39.7 Å². The van der Waals surface area contributed by atoms with Gasteiger partial charge in [-0.25, -0.2) is 0 Å². The van der Waals surface area contributed by atoms with E-state index < -0.39 is 0 Å². The fourth-order valence-electron chi connectivity index (χ4n) is 2.53. The third-order valence-corrected chi connectivity index (χ3v) is 3.71. The van der Waals surface area contributed by atoms with E-state index in [2.05, 4.69) is 12.2 Å². The van der Waals surface area contributed by atoms with Gasteiger partial charge in [0.2, 0.25) is 0 Å². The van der Waals surface area contributed by atoms with Gasteiger partial charge in [-0.2, -0.15) is 0 Å². The lowest BCUT2D eigenvalue weighted by atomic mass is 10.1. The van der Waals surface area contributed by atoms with Gasteiger partial charge in [0, 0.05) is 11.6 Å². The Balaban J connectivity index is 2.20. The highest BCUT2D eigenvalue weighted by molar-refractivity contribution is 5.53. The summed E-state index contributed by atoms with van der Waals surface area (Å²) in [6.07, 6.45) is 1.21. The highest BCUT2D eigenvalue weighted by Gasteiger charge is 2.40. The summed E-state index contributed by atoms with van der Waals surface area (Å²) in [5.74, 6) is 3.64. The third kappa shape index (κ3) is 2.95. The Kier molecular flexibility index (Phi) is 4.53. The van der Waals surface area contributed by atoms with Gasteiger partial charge in [0.15, 0.2) is 11.5 Å². The first kappa shape index (κ1) is 14.0. The maximum absolute atomic E-state index is 5.49. The minimum atomic E-state index is 0.564. The number of nitrogens with one attached hydrogen (secondary N) is 1. The smallest absolute Gasteiger partial charge is 0.164 e. The summed E-state index contributed by atoms with van der Waals surface area (Å²) in [5, 5.41) is 3.40. The lowest BCUT2D eigenvalue weighted by Crippen LogP contribution is -2.16. The van der Waals surface area contributed by atoms with Crippen molar-refractivity contribution in [2.45, 2.75) is 19.3 Å². The molecule has 1 saturated carbocycles. The molecule has 1 aliphatic rings. The van der Waals surface area contributed by atoms with Crippen molar-refractivity contribution in [3.63, 3.8) is 0 Å². The predicted octanol–water partition coefficient (Wildman–Crippen LogP) is 2.43. The van der Waals surface area contributed by atoms with Gasteiger partial charge >= 0.3 is 0 Å². The molecule has 106 valence electrons. The van der Waals surface area contributed by atoms with Gasteiger partial charge in [0.25, 0.3) is 0 Å². The van der Waals surface area contributed by atoms with E-state index in [0.717, 1.165) is 24.6 Å². The summed E-state index contributed by atoms with van der Waals surface area (Å²) in [7, 11) is 5.01. The molecule has 2 unspecified atom stereocenters. The Bertz CT molecular complexity index is 434. The van der Waals surface area contributed by atoms with Crippen LogP contribution < -0.4 is 19.5 Å². The Hall–Kier alpha value is -1.42. The van der Waals surface area contributed by atoms with E-state index in [-0.39, 0.29) is 0 Å². The molecule has 1 aliphatic carbocycles. The van der Waals surface area contributed by atoms with Gasteiger partial charge in [0.1, 0.15) is 5.75 Å². The van der Waals surface area contributed by atoms with Crippen molar-refractivity contribution in [3.05, 3.63) is 17.7 Å². The number of methoxy groups -OCH3 is 3. The highest BCUT2D eigenvalue weighted by Crippen LogP contribution is 2.52. The zero-order valence-electron chi connectivity index (χ0n) is 12.2. The molecule has 4 nitrogen and oxygen atoms in total. The maximum atomic E-state index is 5.49. The van der Waals surface area contributed by atoms with Crippen LogP contribution in [0.4, 0.5) is 0 Å². The van der Waals surface area contributed by atoms with Crippen LogP contribution in [0.25, 0.3) is 0 Å². The molecule has 1 N–H and O–H groups in total. The van der Waals surface area contributed by atoms with E-state index in [1.165, 1.54) is 12.0 Å². The van der Waals surface area contributed by atoms with E-state index in [9.17, 15) is 0 Å². The number of hydrogen-bond acceptors (Lipinski definition) is 4. The molecule has 0 aliphatic heterocycles. The monoisotopic (exact) mass is 265 g/mol. The second-order valence-electron chi connectivity index (χ2n) is 4.86. The lowest BCUT2D eigenvalue weighted by molar-refractivity contribution is 0.347. The average molecular weight is 265 g/mol. The van der Waals surface area contributed by atoms with Gasteiger partial charge in [0.05, 0.1) is 21.3 Å². The van der Waals surface area contributed by atoms with Gasteiger partial charge in [-0.3, -0.25) is 0 Å². The number of ether oxygens (including phenoxy) is 3. The van der Waals surface area contributed by atoms with Crippen LogP contribution in [0.3, 0.4) is 0 Å². The predicted molar refractivity (Wildman–Crippen MR) is 75.5 cm³/mol. The van der Waals surface area contributed by atoms with Crippen molar-refractivity contribution in [3.8, 4) is 17.2 Å². The fourth-order valence-corrected chi connectivity index (χ4v) is 2.53. The molecule has 0 aromatic heterocycles. The summed E-state index contributed by atoms with van der Waals surface area (Å²) in [6.45, 7) is 4.22. The van der Waals surface area contributed by atoms with E-state index in [1.54, 1.807) is 21.3 Å². The van der Waals surface area contributed by atoms with E-state index in [0.29, 0.717) is 17.6 Å². The minimum Gasteiger partial charge on any atom is -0.496 e. The Morgan fingerprint density at radius 1 is 1.05 bits per heavy atom. The molecule has 0 heterocycles. The molecule has 0 radical (unpaired) electrons. The molecule has 19 heavy (non-hydrogen) atoms. The summed E-state index contributed by atoms with van der Waals surface area (Å²) >= 11 is 0. The van der Waals surface area contributed by atoms with E-state index in [1.807, 2.05) is 12.1 Å². The zero-order valence-corrected chi connectivity index (χ0v) is 12.2. The average Bonchev–Trinajstić information content (AvgIpc) is 3.22. The second kappa shape index (κ2) is 6.15. The molecule has 0 spiro atoms. The zero-order chi connectivity index (χ0) is 13.8. The minimum absolute atomic E-state index is 0.564. The van der Waals surface area contributed by atoms with Crippen LogP contribution >= 0.6 is 0 Å². The van der Waals surface area contributed by atoms with Crippen molar-refractivity contribution < 1.29 is 14.2 Å². The van der Waals surface area contributed by atoms with E-state index in [4.69, 9.17) is 14.2 Å². The van der Waals surface area contributed by atoms with Crippen molar-refractivity contribution in [1.29, 1.82) is 0 Å². The Morgan fingerprint density at radius 3 is 2.26 bits per heavy atom. The number of benzene rings is 1. The molecule has 0 amide bonds. The summed E-state index contributed by atoms with van der Waals surface area (Å²) in [6, 6.07) is 3.96. The lowest BCUT2D eigenvalue weighted by Gasteiger charge is -2.14. The van der Waals surface area contributed by atoms with Crippen molar-refractivity contribution in [2.75, 3.05) is 34.4 Å². The molecule has 2 atom stereocenters. The quantitative estimate of drug-likeness (QED) is 0.822. The molecule has 1 aromatic carbocycles. The van der Waals surface area contributed by atoms with Crippen LogP contribution in [0.1, 0.15) is 24.8 Å². The molecule has 0 saturated heterocycles. The first-order valence-electron chi connectivity index (χ1n) is 6.75. The van der Waals surface area contributed by atoms with Crippen molar-refractivity contribution in [2.24, 2.45) is 5.92 Å². The molecule has 1 aromatic rings. The molecule has 0 bridgehead atoms. The standard InChI is InChI=1S/C15H23NO3/c1-5-16-9-10-6-11(10)12-7-14(18-3)15(19-4)8-13(12)17-2/h7-8,10-11,16H,5-6,9H2,1-4H3. The maximum Gasteiger partial charge on any atom is 0.164 e. The third-order valence-electron chi connectivity index (χ3n) is 3.71. The van der Waals surface area contributed by atoms with Crippen molar-refractivity contribution >= 4 is 0 Å². The summed E-state index contributed by atoms with van der Waals surface area (Å²) in [4.78, 5) is 0. The molecule has 2 rings (SSSR count). The van der Waals surface area contributed by atoms with E-state index >= 15 is 0 Å². The summed E-state index contributed by atoms with van der Waals surface area (Å²) in [5.41, 5.74) is 1.23. The van der Waals surface area contributed by atoms with Gasteiger partial charge in [-0.05, 0) is 37.4 Å². The largest absolute Gasteiger partial charge is 0.496 e. The second-order valence-corrected chi connectivity index (χ2v) is 4.86. The molecular weight excluding hydrogens is 242 g/mol. The number of rotatable bonds is 7. The molecular formula is C15H23NO3. The van der Waals surface area contributed by atoms with Crippen LogP contribution in [-0.2, 0) is 0 Å². The van der Waals surface area contributed by atoms with Gasteiger partial charge in [-0.1, -0.05) is 6.92 Å². The van der Waals surface area contributed by atoms with Crippen LogP contribution in [-0.4, -0.2) is 34.4 Å². The molecule has 4 heteroatoms. The Morgan fingerprint density at radius 2 is 1.68 bits per heavy atom. The SMILES string of the molecule is CCNCC1CC1c1cc(OC)c(OC)cc1OC. The van der Waals surface area contributed by atoms with Crippen LogP contribution in [0.5, 0.6) is 17.2 Å². The van der Waals surface area contributed by atoms with Crippen molar-refractivity contribution in [1.82, 2.24) is 5.32 Å². The number of hydrogen-bond donors (Lipinski definition) is 1. The van der Waals surface area contributed by atoms with Crippen LogP contribution in [0.2, 0.25) is 0 Å². The first-order valence-corrected chi connectivity index (χ1v) is 6.75. The van der Waals surface area contributed by atoms with Crippen LogP contribution in [0.15, 0.2) is 12.1 Å². The fraction of sp³-hybridized carbons (Fsp3) is 0.600. The van der Waals surface area contributed by atoms with Gasteiger partial charge in [-0.15, -0.1) is 0 Å². The summed E-state index contributed by atoms with van der Waals surface area (Å²) < 4.78 is 16.2. The van der Waals surface area contributed by atoms with Gasteiger partial charge < -0.3 is 19.5 Å². The Labute approximate surface area is 115 Å². The normalized spacial score (nSPS) is 21.1. The first-order chi connectivity index (χ1) is 9.24. The molecule has 1 fully saturated rings.